The van der Waals surface area contributed by atoms with Crippen LogP contribution in [0.25, 0.3) is 89.4 Å². The van der Waals surface area contributed by atoms with Crippen molar-refractivity contribution in [2.75, 3.05) is 0 Å². The highest BCUT2D eigenvalue weighted by molar-refractivity contribution is 7.26. The molecule has 0 bridgehead atoms. The molecule has 9 aromatic carbocycles. The van der Waals surface area contributed by atoms with Crippen LogP contribution < -0.4 is 5.32 Å². The summed E-state index contributed by atoms with van der Waals surface area (Å²) in [5.74, 6) is 1.53. The second-order valence-corrected chi connectivity index (χ2v) is 17.5. The Morgan fingerprint density at radius 3 is 1.61 bits per heavy atom. The lowest BCUT2D eigenvalue weighted by Crippen LogP contribution is -2.33. The highest BCUT2D eigenvalue weighted by Crippen LogP contribution is 2.41. The van der Waals surface area contributed by atoms with Gasteiger partial charge in [0.15, 0.2) is 5.84 Å². The minimum atomic E-state index is -0.325. The summed E-state index contributed by atoms with van der Waals surface area (Å²) < 4.78 is 7.54. The topological polar surface area (TPSA) is 41.7 Å². The molecule has 0 saturated carbocycles. The van der Waals surface area contributed by atoms with E-state index in [0.29, 0.717) is 0 Å². The summed E-state index contributed by atoms with van der Waals surface area (Å²) in [6.07, 6.45) is -0.325. The van der Waals surface area contributed by atoms with Gasteiger partial charge in [-0.25, -0.2) is 9.98 Å². The van der Waals surface area contributed by atoms with E-state index < -0.39 is 0 Å². The molecule has 1 aliphatic rings. The quantitative estimate of drug-likeness (QED) is 0.190. The van der Waals surface area contributed by atoms with Crippen LogP contribution in [0.5, 0.6) is 0 Å². The second kappa shape index (κ2) is 12.7. The molecule has 1 aliphatic heterocycles. The van der Waals surface area contributed by atoms with E-state index in [9.17, 15) is 0 Å². The third-order valence-electron chi connectivity index (χ3n) is 12.0. The Morgan fingerprint density at radius 1 is 0.441 bits per heavy atom. The summed E-state index contributed by atoms with van der Waals surface area (Å²) in [6.45, 7) is 0. The lowest BCUT2D eigenvalue weighted by Gasteiger charge is -2.24. The molecule has 0 aliphatic carbocycles. The maximum Gasteiger partial charge on any atom is 0.159 e. The van der Waals surface area contributed by atoms with E-state index in [-0.39, 0.29) is 6.17 Å². The van der Waals surface area contributed by atoms with E-state index in [2.05, 4.69) is 192 Å². The molecule has 276 valence electrons. The number of aliphatic imine (C=N–C) groups is 2. The fourth-order valence-corrected chi connectivity index (χ4v) is 11.4. The molecule has 1 unspecified atom stereocenters. The van der Waals surface area contributed by atoms with Gasteiger partial charge in [-0.15, -0.1) is 22.7 Å². The molecule has 12 aromatic rings. The van der Waals surface area contributed by atoms with Gasteiger partial charge in [0, 0.05) is 67.9 Å². The lowest BCUT2D eigenvalue weighted by atomic mass is 10.00. The average Bonchev–Trinajstić information content (AvgIpc) is 3.98. The minimum Gasteiger partial charge on any atom is -0.344 e. The fraction of sp³-hybridized carbons (Fsp3) is 0.0189. The number of hydrogen-bond donors (Lipinski definition) is 1. The van der Waals surface area contributed by atoms with Crippen LogP contribution in [-0.4, -0.2) is 16.2 Å². The van der Waals surface area contributed by atoms with E-state index >= 15 is 0 Å². The van der Waals surface area contributed by atoms with Gasteiger partial charge in [0.25, 0.3) is 0 Å². The molecule has 4 heterocycles. The lowest BCUT2D eigenvalue weighted by molar-refractivity contribution is 0.675. The van der Waals surface area contributed by atoms with Gasteiger partial charge >= 0.3 is 0 Å². The number of thiophene rings is 2. The molecular formula is C53H32N4S2. The number of hydrogen-bond acceptors (Lipinski definition) is 5. The largest absolute Gasteiger partial charge is 0.344 e. The van der Waals surface area contributed by atoms with Crippen LogP contribution in [-0.2, 0) is 0 Å². The molecule has 0 spiro atoms. The molecule has 59 heavy (non-hydrogen) atoms. The van der Waals surface area contributed by atoms with Crippen molar-refractivity contribution in [2.24, 2.45) is 9.98 Å². The van der Waals surface area contributed by atoms with Gasteiger partial charge in [0.1, 0.15) is 12.0 Å². The van der Waals surface area contributed by atoms with Crippen LogP contribution in [0, 0.1) is 0 Å². The number of nitrogens with one attached hydrogen (secondary N) is 1. The van der Waals surface area contributed by atoms with E-state index in [0.717, 1.165) is 34.0 Å². The summed E-state index contributed by atoms with van der Waals surface area (Å²) in [5, 5.41) is 16.4. The van der Waals surface area contributed by atoms with Crippen molar-refractivity contribution in [1.29, 1.82) is 0 Å². The Bertz CT molecular complexity index is 3680. The Morgan fingerprint density at radius 2 is 0.966 bits per heavy atom. The van der Waals surface area contributed by atoms with E-state index in [1.165, 1.54) is 83.7 Å². The normalized spacial score (nSPS) is 14.6. The van der Waals surface area contributed by atoms with Crippen molar-refractivity contribution in [1.82, 2.24) is 9.88 Å². The number of amidine groups is 2. The zero-order valence-electron chi connectivity index (χ0n) is 31.6. The van der Waals surface area contributed by atoms with Crippen LogP contribution in [0.4, 0.5) is 0 Å². The number of rotatable bonds is 4. The van der Waals surface area contributed by atoms with Crippen molar-refractivity contribution >= 4 is 118 Å². The van der Waals surface area contributed by atoms with Gasteiger partial charge in [-0.05, 0) is 106 Å². The summed E-state index contributed by atoms with van der Waals surface area (Å²) in [5.41, 5.74) is 6.61. The molecule has 1 atom stereocenters. The smallest absolute Gasteiger partial charge is 0.159 e. The van der Waals surface area contributed by atoms with Crippen LogP contribution in [0.1, 0.15) is 22.9 Å². The summed E-state index contributed by atoms with van der Waals surface area (Å²) in [4.78, 5) is 10.6. The van der Waals surface area contributed by atoms with Crippen molar-refractivity contribution in [3.8, 4) is 5.69 Å². The first-order valence-corrected chi connectivity index (χ1v) is 21.6. The number of aromatic nitrogens is 1. The van der Waals surface area contributed by atoms with Gasteiger partial charge in [-0.3, -0.25) is 0 Å². The minimum absolute atomic E-state index is 0.325. The maximum atomic E-state index is 5.34. The van der Waals surface area contributed by atoms with Crippen molar-refractivity contribution < 1.29 is 0 Å². The molecule has 0 fully saturated rings. The SMILES string of the molecule is c1ccc2c(c1)ccc1c2c2c3ccccc3ccc2n1-c1ccc(C2=NC(c3ccc4sc5ccccc5c4c3)=NC(c3ccc4sc5ccccc5c4c3)N2)cc1. The first-order chi connectivity index (χ1) is 29.2. The highest BCUT2D eigenvalue weighted by atomic mass is 32.1. The molecule has 4 nitrogen and oxygen atoms in total. The second-order valence-electron chi connectivity index (χ2n) is 15.4. The summed E-state index contributed by atoms with van der Waals surface area (Å²) in [6, 6.07) is 66.1. The van der Waals surface area contributed by atoms with Crippen LogP contribution >= 0.6 is 22.7 Å². The van der Waals surface area contributed by atoms with Gasteiger partial charge < -0.3 is 9.88 Å². The van der Waals surface area contributed by atoms with E-state index in [1.54, 1.807) is 0 Å². The molecule has 1 N–H and O–H groups in total. The molecule has 0 amide bonds. The van der Waals surface area contributed by atoms with Crippen LogP contribution in [0.3, 0.4) is 0 Å². The zero-order valence-corrected chi connectivity index (χ0v) is 33.2. The van der Waals surface area contributed by atoms with Crippen molar-refractivity contribution in [3.63, 3.8) is 0 Å². The first-order valence-electron chi connectivity index (χ1n) is 19.9. The van der Waals surface area contributed by atoms with Gasteiger partial charge in [-0.2, -0.15) is 0 Å². The molecular weight excluding hydrogens is 757 g/mol. The van der Waals surface area contributed by atoms with Gasteiger partial charge in [0.2, 0.25) is 0 Å². The number of fused-ring (bicyclic) bond motifs is 13. The maximum absolute atomic E-state index is 5.34. The average molecular weight is 789 g/mol. The third kappa shape index (κ3) is 5.07. The zero-order chi connectivity index (χ0) is 38.6. The predicted octanol–water partition coefficient (Wildman–Crippen LogP) is 14.3. The summed E-state index contributed by atoms with van der Waals surface area (Å²) in [7, 11) is 0. The van der Waals surface area contributed by atoms with E-state index in [4.69, 9.17) is 9.98 Å². The first kappa shape index (κ1) is 32.9. The van der Waals surface area contributed by atoms with Crippen LogP contribution in [0.2, 0.25) is 0 Å². The highest BCUT2D eigenvalue weighted by Gasteiger charge is 2.23. The molecule has 13 rings (SSSR count). The monoisotopic (exact) mass is 788 g/mol. The van der Waals surface area contributed by atoms with Crippen molar-refractivity contribution in [3.05, 3.63) is 199 Å². The summed E-state index contributed by atoms with van der Waals surface area (Å²) >= 11 is 3.66. The Kier molecular flexibility index (Phi) is 7.08. The third-order valence-corrected chi connectivity index (χ3v) is 14.3. The molecule has 0 saturated heterocycles. The standard InChI is InChI=1S/C53H32N4S2/c1-3-11-37-31(9-1)19-25-43-49(37)50-38-12-4-2-10-32(38)20-26-44(50)57(43)36-23-17-33(18-24-36)51-54-52(34-21-27-47-41(29-34)39-13-5-7-15-45(39)58-47)56-53(55-51)35-22-28-48-42(30-35)40-14-6-8-16-46(40)59-48/h1-30,52H,(H,54,55,56). The number of benzene rings is 9. The van der Waals surface area contributed by atoms with Gasteiger partial charge in [0.05, 0.1) is 11.0 Å². The molecule has 6 heteroatoms. The predicted molar refractivity (Wildman–Crippen MR) is 253 cm³/mol. The Labute approximate surface area is 346 Å². The van der Waals surface area contributed by atoms with Gasteiger partial charge in [-0.1, -0.05) is 103 Å². The Hall–Kier alpha value is -7.12. The van der Waals surface area contributed by atoms with Crippen molar-refractivity contribution in [2.45, 2.75) is 6.17 Å². The fourth-order valence-electron chi connectivity index (χ4n) is 9.27. The van der Waals surface area contributed by atoms with E-state index in [1.807, 2.05) is 22.7 Å². The Balaban J connectivity index is 0.964. The number of nitrogens with zero attached hydrogens (tertiary/aromatic N) is 3. The van der Waals surface area contributed by atoms with Crippen LogP contribution in [0.15, 0.2) is 192 Å². The molecule has 3 aromatic heterocycles. The molecule has 0 radical (unpaired) electrons.